The van der Waals surface area contributed by atoms with Crippen LogP contribution in [0.2, 0.25) is 0 Å². The van der Waals surface area contributed by atoms with Crippen molar-refractivity contribution in [2.24, 2.45) is 0 Å². The summed E-state index contributed by atoms with van der Waals surface area (Å²) in [6, 6.07) is 15.0. The quantitative estimate of drug-likeness (QED) is 0.419. The van der Waals surface area contributed by atoms with E-state index in [2.05, 4.69) is 17.0 Å². The van der Waals surface area contributed by atoms with Gasteiger partial charge in [0.1, 0.15) is 5.82 Å². The molecule has 144 valence electrons. The molecule has 0 spiro atoms. The molecule has 1 aromatic heterocycles. The number of aromatic nitrogens is 3. The van der Waals surface area contributed by atoms with Crippen LogP contribution in [-0.2, 0) is 13.0 Å². The molecule has 0 radical (unpaired) electrons. The SMILES string of the molecule is CCCCCn1nc(C=S)nc1Cc1ccc(-c2ccccc2C(=O)O)cc1. The van der Waals surface area contributed by atoms with Crippen molar-refractivity contribution in [3.05, 3.63) is 71.3 Å². The number of rotatable bonds is 9. The Bertz CT molecular complexity index is 964. The van der Waals surface area contributed by atoms with Crippen molar-refractivity contribution in [2.75, 3.05) is 0 Å². The molecule has 0 fully saturated rings. The third-order valence-corrected chi connectivity index (χ3v) is 4.84. The van der Waals surface area contributed by atoms with Crippen molar-refractivity contribution in [3.63, 3.8) is 0 Å². The summed E-state index contributed by atoms with van der Waals surface area (Å²) in [7, 11) is 0. The van der Waals surface area contributed by atoms with Gasteiger partial charge in [-0.15, -0.1) is 0 Å². The lowest BCUT2D eigenvalue weighted by atomic mass is 9.98. The van der Waals surface area contributed by atoms with E-state index in [-0.39, 0.29) is 0 Å². The highest BCUT2D eigenvalue weighted by Crippen LogP contribution is 2.24. The summed E-state index contributed by atoms with van der Waals surface area (Å²) in [6.45, 7) is 3.01. The van der Waals surface area contributed by atoms with Gasteiger partial charge in [-0.05, 0) is 29.2 Å². The molecule has 0 aliphatic carbocycles. The summed E-state index contributed by atoms with van der Waals surface area (Å²) in [5.41, 5.74) is 2.99. The van der Waals surface area contributed by atoms with Gasteiger partial charge in [-0.1, -0.05) is 74.4 Å². The summed E-state index contributed by atoms with van der Waals surface area (Å²) in [4.78, 5) is 16.0. The zero-order valence-electron chi connectivity index (χ0n) is 15.8. The van der Waals surface area contributed by atoms with Crippen molar-refractivity contribution in [3.8, 4) is 11.1 Å². The number of benzene rings is 2. The summed E-state index contributed by atoms with van der Waals surface area (Å²) < 4.78 is 1.95. The van der Waals surface area contributed by atoms with Crippen LogP contribution in [0.3, 0.4) is 0 Å². The normalized spacial score (nSPS) is 10.8. The van der Waals surface area contributed by atoms with Crippen LogP contribution in [0.5, 0.6) is 0 Å². The topological polar surface area (TPSA) is 68.0 Å². The third-order valence-electron chi connectivity index (χ3n) is 4.63. The maximum Gasteiger partial charge on any atom is 0.336 e. The molecule has 28 heavy (non-hydrogen) atoms. The second-order valence-corrected chi connectivity index (χ2v) is 6.89. The molecule has 5 nitrogen and oxygen atoms in total. The van der Waals surface area contributed by atoms with Crippen LogP contribution in [0.15, 0.2) is 48.5 Å². The monoisotopic (exact) mass is 393 g/mol. The molecule has 0 saturated heterocycles. The van der Waals surface area contributed by atoms with Gasteiger partial charge in [0.25, 0.3) is 0 Å². The van der Waals surface area contributed by atoms with Crippen LogP contribution < -0.4 is 0 Å². The zero-order valence-corrected chi connectivity index (χ0v) is 16.7. The van der Waals surface area contributed by atoms with Crippen molar-refractivity contribution < 1.29 is 9.90 Å². The van der Waals surface area contributed by atoms with Gasteiger partial charge in [-0.25, -0.2) is 14.5 Å². The summed E-state index contributed by atoms with van der Waals surface area (Å²) >= 11 is 4.98. The minimum atomic E-state index is -0.924. The van der Waals surface area contributed by atoms with Crippen molar-refractivity contribution in [1.29, 1.82) is 0 Å². The summed E-state index contributed by atoms with van der Waals surface area (Å²) in [6.07, 6.45) is 4.03. The van der Waals surface area contributed by atoms with E-state index in [9.17, 15) is 9.90 Å². The molecule has 2 aromatic carbocycles. The Balaban J connectivity index is 1.81. The number of hydrogen-bond donors (Lipinski definition) is 1. The van der Waals surface area contributed by atoms with Gasteiger partial charge in [-0.2, -0.15) is 5.10 Å². The largest absolute Gasteiger partial charge is 0.478 e. The van der Waals surface area contributed by atoms with Crippen LogP contribution >= 0.6 is 12.2 Å². The number of thiocarbonyl (C=S) groups is 1. The number of aryl methyl sites for hydroxylation is 1. The molecule has 1 heterocycles. The predicted molar refractivity (Wildman–Crippen MR) is 114 cm³/mol. The van der Waals surface area contributed by atoms with Crippen LogP contribution in [0.25, 0.3) is 11.1 Å². The number of carboxylic acid groups (broad SMARTS) is 1. The fraction of sp³-hybridized carbons (Fsp3) is 0.273. The molecule has 1 N–H and O–H groups in total. The molecular weight excluding hydrogens is 370 g/mol. The number of carboxylic acids is 1. The van der Waals surface area contributed by atoms with E-state index in [0.717, 1.165) is 42.8 Å². The lowest BCUT2D eigenvalue weighted by Crippen LogP contribution is -2.07. The van der Waals surface area contributed by atoms with Gasteiger partial charge >= 0.3 is 5.97 Å². The lowest BCUT2D eigenvalue weighted by Gasteiger charge is -2.08. The lowest BCUT2D eigenvalue weighted by molar-refractivity contribution is 0.0697. The third kappa shape index (κ3) is 4.70. The van der Waals surface area contributed by atoms with E-state index in [1.54, 1.807) is 12.1 Å². The number of nitrogens with zero attached hydrogens (tertiary/aromatic N) is 3. The van der Waals surface area contributed by atoms with Crippen molar-refractivity contribution >= 4 is 23.6 Å². The Labute approximate surface area is 170 Å². The summed E-state index contributed by atoms with van der Waals surface area (Å²) in [5.74, 6) is 0.548. The zero-order chi connectivity index (χ0) is 19.9. The van der Waals surface area contributed by atoms with Gasteiger partial charge in [-0.3, -0.25) is 0 Å². The maximum atomic E-state index is 11.5. The van der Waals surface area contributed by atoms with Crippen LogP contribution in [-0.4, -0.2) is 31.2 Å². The Morgan fingerprint density at radius 1 is 1.14 bits per heavy atom. The first-order valence-corrected chi connectivity index (χ1v) is 9.90. The number of unbranched alkanes of at least 4 members (excludes halogenated alkanes) is 2. The summed E-state index contributed by atoms with van der Waals surface area (Å²) in [5, 5.41) is 15.4. The molecule has 0 bridgehead atoms. The van der Waals surface area contributed by atoms with Gasteiger partial charge in [0.2, 0.25) is 0 Å². The molecule has 6 heteroatoms. The van der Waals surface area contributed by atoms with Crippen LogP contribution in [0.4, 0.5) is 0 Å². The Kier molecular flexibility index (Phi) is 6.66. The molecular formula is C22H23N3O2S. The van der Waals surface area contributed by atoms with E-state index in [1.165, 1.54) is 5.37 Å². The van der Waals surface area contributed by atoms with Crippen LogP contribution in [0, 0.1) is 0 Å². The van der Waals surface area contributed by atoms with E-state index in [4.69, 9.17) is 12.2 Å². The molecule has 0 atom stereocenters. The molecule has 0 aliphatic rings. The fourth-order valence-electron chi connectivity index (χ4n) is 3.17. The highest BCUT2D eigenvalue weighted by Gasteiger charge is 2.12. The highest BCUT2D eigenvalue weighted by molar-refractivity contribution is 7.79. The smallest absolute Gasteiger partial charge is 0.336 e. The predicted octanol–water partition coefficient (Wildman–Crippen LogP) is 4.77. The molecule has 0 aliphatic heterocycles. The van der Waals surface area contributed by atoms with Gasteiger partial charge in [0, 0.05) is 18.3 Å². The van der Waals surface area contributed by atoms with E-state index in [0.29, 0.717) is 23.4 Å². The van der Waals surface area contributed by atoms with Gasteiger partial charge < -0.3 is 5.11 Å². The maximum absolute atomic E-state index is 11.5. The standard InChI is InChI=1S/C22H23N3O2S/c1-2-3-6-13-25-21(23-20(15-28)24-25)14-16-9-11-17(12-10-16)18-7-4-5-8-19(18)22(26)27/h4-5,7-12,15H,2-3,6,13-14H2,1H3,(H,26,27). The van der Waals surface area contributed by atoms with Crippen LogP contribution in [0.1, 0.15) is 53.8 Å². The Hall–Kier alpha value is -2.86. The van der Waals surface area contributed by atoms with Gasteiger partial charge in [0.15, 0.2) is 5.82 Å². The van der Waals surface area contributed by atoms with Gasteiger partial charge in [0.05, 0.1) is 5.56 Å². The average molecular weight is 394 g/mol. The first-order valence-electron chi connectivity index (χ1n) is 9.43. The van der Waals surface area contributed by atoms with E-state index < -0.39 is 5.97 Å². The van der Waals surface area contributed by atoms with E-state index in [1.807, 2.05) is 41.1 Å². The molecule has 0 amide bonds. The number of carbonyl (C=O) groups is 1. The second-order valence-electron chi connectivity index (χ2n) is 6.66. The van der Waals surface area contributed by atoms with Crippen molar-refractivity contribution in [2.45, 2.75) is 39.2 Å². The van der Waals surface area contributed by atoms with Crippen molar-refractivity contribution in [1.82, 2.24) is 14.8 Å². The first-order chi connectivity index (χ1) is 13.6. The first kappa shape index (κ1) is 19.9. The molecule has 0 unspecified atom stereocenters. The Morgan fingerprint density at radius 3 is 2.57 bits per heavy atom. The van der Waals surface area contributed by atoms with E-state index >= 15 is 0 Å². The highest BCUT2D eigenvalue weighted by atomic mass is 32.1. The molecule has 3 aromatic rings. The molecule has 0 saturated carbocycles. The minimum Gasteiger partial charge on any atom is -0.478 e. The number of aromatic carboxylic acids is 1. The fourth-order valence-corrected chi connectivity index (χ4v) is 3.27. The minimum absolute atomic E-state index is 0.302. The molecule has 3 rings (SSSR count). The Morgan fingerprint density at radius 2 is 1.89 bits per heavy atom. The second kappa shape index (κ2) is 9.37. The average Bonchev–Trinajstić information content (AvgIpc) is 3.10. The number of hydrogen-bond acceptors (Lipinski definition) is 4.